The van der Waals surface area contributed by atoms with Gasteiger partial charge in [0.1, 0.15) is 5.75 Å². The van der Waals surface area contributed by atoms with Gasteiger partial charge in [-0.3, -0.25) is 0 Å². The maximum Gasteiger partial charge on any atom is 0.219 e. The average Bonchev–Trinajstić information content (AvgIpc) is 3.17. The van der Waals surface area contributed by atoms with Crippen LogP contribution in [0.5, 0.6) is 5.75 Å². The van der Waals surface area contributed by atoms with E-state index >= 15 is 0 Å². The third-order valence-electron chi connectivity index (χ3n) is 9.36. The van der Waals surface area contributed by atoms with Crippen molar-refractivity contribution in [3.63, 3.8) is 0 Å². The molecule has 55 heavy (non-hydrogen) atoms. The molecule has 7 rings (SSSR count). The van der Waals surface area contributed by atoms with E-state index in [9.17, 15) is 30.4 Å². The number of aromatic hydroxyl groups is 1. The lowest BCUT2D eigenvalue weighted by Crippen LogP contribution is -2.36. The molecule has 0 saturated carbocycles. The van der Waals surface area contributed by atoms with Gasteiger partial charge in [0.25, 0.3) is 0 Å². The predicted octanol–water partition coefficient (Wildman–Crippen LogP) is 8.21. The maximum absolute atomic E-state index is 12.5. The summed E-state index contributed by atoms with van der Waals surface area (Å²) in [6.07, 6.45) is 3.44. The van der Waals surface area contributed by atoms with Gasteiger partial charge >= 0.3 is 0 Å². The average molecular weight is 787 g/mol. The summed E-state index contributed by atoms with van der Waals surface area (Å²) in [6.45, 7) is 0. The minimum Gasteiger partial charge on any atom is -0.507 e. The van der Waals surface area contributed by atoms with Gasteiger partial charge in [-0.05, 0) is 82.9 Å². The number of sulfone groups is 3. The Morgan fingerprint density at radius 2 is 0.709 bits per heavy atom. The van der Waals surface area contributed by atoms with E-state index in [0.29, 0.717) is 50.5 Å². The molecular formula is C44H36NO7S3+. The van der Waals surface area contributed by atoms with E-state index in [1.807, 2.05) is 89.5 Å². The van der Waals surface area contributed by atoms with Crippen LogP contribution < -0.4 is 4.57 Å². The molecule has 0 spiro atoms. The van der Waals surface area contributed by atoms with Gasteiger partial charge in [0, 0.05) is 65.3 Å². The molecule has 0 amide bonds. The largest absolute Gasteiger partial charge is 0.507 e. The lowest BCUT2D eigenvalue weighted by molar-refractivity contribution is -0.572. The maximum atomic E-state index is 12.5. The number of pyridine rings is 1. The van der Waals surface area contributed by atoms with Crippen LogP contribution in [0.1, 0.15) is 0 Å². The second-order valence-corrected chi connectivity index (χ2v) is 19.4. The van der Waals surface area contributed by atoms with Crippen molar-refractivity contribution in [2.45, 2.75) is 14.7 Å². The van der Waals surface area contributed by atoms with Crippen molar-refractivity contribution in [1.82, 2.24) is 0 Å². The highest BCUT2D eigenvalue weighted by Gasteiger charge is 2.28. The van der Waals surface area contributed by atoms with Crippen LogP contribution in [0.3, 0.4) is 0 Å². The molecule has 0 bridgehead atoms. The molecule has 0 aliphatic rings. The molecule has 1 aromatic heterocycles. The van der Waals surface area contributed by atoms with Gasteiger partial charge in [0.15, 0.2) is 29.5 Å². The summed E-state index contributed by atoms with van der Waals surface area (Å²) >= 11 is 0. The van der Waals surface area contributed by atoms with Gasteiger partial charge in [-0.25, -0.2) is 25.3 Å². The highest BCUT2D eigenvalue weighted by molar-refractivity contribution is 7.91. The van der Waals surface area contributed by atoms with E-state index < -0.39 is 29.5 Å². The fraction of sp³-hybridized carbons (Fsp3) is 0.0682. The fourth-order valence-electron chi connectivity index (χ4n) is 6.53. The summed E-state index contributed by atoms with van der Waals surface area (Å²) in [7, 11) is -10.5. The molecule has 6 aromatic carbocycles. The van der Waals surface area contributed by atoms with Gasteiger partial charge in [0.2, 0.25) is 17.1 Å². The summed E-state index contributed by atoms with van der Waals surface area (Å²) in [5, 5.41) is 11.9. The van der Waals surface area contributed by atoms with Crippen molar-refractivity contribution in [1.29, 1.82) is 0 Å². The zero-order valence-corrected chi connectivity index (χ0v) is 32.5. The second kappa shape index (κ2) is 14.4. The molecule has 1 N–H and O–H groups in total. The normalized spacial score (nSPS) is 12.1. The number of aromatic nitrogens is 1. The van der Waals surface area contributed by atoms with E-state index in [-0.39, 0.29) is 20.4 Å². The summed E-state index contributed by atoms with van der Waals surface area (Å²) < 4.78 is 76.7. The third-order valence-corrected chi connectivity index (χ3v) is 12.7. The van der Waals surface area contributed by atoms with Crippen molar-refractivity contribution in [3.8, 4) is 67.3 Å². The monoisotopic (exact) mass is 786 g/mol. The number of nitrogens with zero attached hydrogens (tertiary/aromatic N) is 1. The molecule has 0 atom stereocenters. The third kappa shape index (κ3) is 7.86. The molecule has 0 saturated heterocycles. The van der Waals surface area contributed by atoms with Crippen molar-refractivity contribution in [2.75, 3.05) is 18.8 Å². The molecule has 8 nitrogen and oxygen atoms in total. The van der Waals surface area contributed by atoms with E-state index in [0.717, 1.165) is 29.9 Å². The summed E-state index contributed by atoms with van der Waals surface area (Å²) in [6, 6.07) is 46.3. The lowest BCUT2D eigenvalue weighted by Gasteiger charge is -2.16. The number of hydrogen-bond acceptors (Lipinski definition) is 7. The number of hydrogen-bond donors (Lipinski definition) is 1. The van der Waals surface area contributed by atoms with Crippen molar-refractivity contribution >= 4 is 29.5 Å². The van der Waals surface area contributed by atoms with Crippen molar-refractivity contribution in [3.05, 3.63) is 158 Å². The van der Waals surface area contributed by atoms with E-state index in [2.05, 4.69) is 0 Å². The molecule has 0 aliphatic carbocycles. The Morgan fingerprint density at radius 3 is 1.04 bits per heavy atom. The first-order valence-corrected chi connectivity index (χ1v) is 22.8. The molecule has 11 heteroatoms. The topological polar surface area (TPSA) is 127 Å². The molecule has 0 radical (unpaired) electrons. The van der Waals surface area contributed by atoms with Crippen LogP contribution in [0.2, 0.25) is 0 Å². The standard InChI is InChI=1S/C44H35NO7S3/c1-53(47,48)37-20-14-30(15-21-37)35-26-42(33-16-22-38(23-17-33)54(2,49)50)45(43(27-35)34-18-24-39(25-19-34)55(3,51)52)36-28-40(31-10-6-4-7-11-31)44(46)41(29-36)32-12-8-5-9-13-32/h4-29H,1-3H3/p+1. The van der Waals surface area contributed by atoms with Crippen LogP contribution in [0.25, 0.3) is 61.6 Å². The zero-order valence-electron chi connectivity index (χ0n) is 30.1. The molecule has 1 heterocycles. The smallest absolute Gasteiger partial charge is 0.219 e. The van der Waals surface area contributed by atoms with Crippen LogP contribution >= 0.6 is 0 Å². The first-order valence-electron chi connectivity index (χ1n) is 17.1. The lowest BCUT2D eigenvalue weighted by atomic mass is 9.94. The number of phenolic OH excluding ortho intramolecular Hbond substituents is 1. The van der Waals surface area contributed by atoms with E-state index in [1.165, 1.54) is 0 Å². The van der Waals surface area contributed by atoms with Crippen LogP contribution in [-0.2, 0) is 29.5 Å². The fourth-order valence-corrected chi connectivity index (χ4v) is 8.42. The Hall–Kier alpha value is -5.88. The Balaban J connectivity index is 1.61. The Morgan fingerprint density at radius 1 is 0.382 bits per heavy atom. The van der Waals surface area contributed by atoms with Gasteiger partial charge in [-0.1, -0.05) is 72.8 Å². The zero-order chi connectivity index (χ0) is 39.1. The Labute approximate surface area is 321 Å². The highest BCUT2D eigenvalue weighted by Crippen LogP contribution is 2.41. The van der Waals surface area contributed by atoms with Crippen molar-refractivity contribution in [2.24, 2.45) is 0 Å². The summed E-state index contributed by atoms with van der Waals surface area (Å²) in [4.78, 5) is 0.463. The minimum absolute atomic E-state index is 0.0856. The molecule has 7 aromatic rings. The van der Waals surface area contributed by atoms with Gasteiger partial charge in [-0.2, -0.15) is 4.57 Å². The summed E-state index contributed by atoms with van der Waals surface area (Å²) in [5.41, 5.74) is 7.36. The Bertz CT molecular complexity index is 2740. The molecular weight excluding hydrogens is 751 g/mol. The van der Waals surface area contributed by atoms with Gasteiger partial charge in [0.05, 0.1) is 14.7 Å². The number of rotatable bonds is 9. The molecule has 0 unspecified atom stereocenters. The van der Waals surface area contributed by atoms with Gasteiger partial charge < -0.3 is 5.11 Å². The first kappa shape index (κ1) is 37.4. The van der Waals surface area contributed by atoms with Crippen LogP contribution in [-0.4, -0.2) is 49.1 Å². The van der Waals surface area contributed by atoms with Crippen molar-refractivity contribution < 1.29 is 34.9 Å². The molecule has 0 aliphatic heterocycles. The number of benzene rings is 6. The second-order valence-electron chi connectivity index (χ2n) is 13.4. The summed E-state index contributed by atoms with van der Waals surface area (Å²) in [5.74, 6) is 0.0856. The SMILES string of the molecule is CS(=O)(=O)c1ccc(-c2cc(-c3ccc(S(C)(=O)=O)cc3)[n+](-c3cc(-c4ccccc4)c(O)c(-c4ccccc4)c3)c(-c3ccc(S(C)(=O)=O)cc3)c2)cc1. The van der Waals surface area contributed by atoms with Crippen LogP contribution in [0, 0.1) is 0 Å². The molecule has 276 valence electrons. The first-order chi connectivity index (χ1) is 26.1. The predicted molar refractivity (Wildman–Crippen MR) is 216 cm³/mol. The van der Waals surface area contributed by atoms with E-state index in [4.69, 9.17) is 0 Å². The van der Waals surface area contributed by atoms with Gasteiger partial charge in [-0.15, -0.1) is 0 Å². The highest BCUT2D eigenvalue weighted by atomic mass is 32.2. The Kier molecular flexibility index (Phi) is 9.81. The van der Waals surface area contributed by atoms with Crippen LogP contribution in [0.4, 0.5) is 0 Å². The van der Waals surface area contributed by atoms with Crippen LogP contribution in [0.15, 0.2) is 172 Å². The number of phenols is 1. The minimum atomic E-state index is -3.51. The van der Waals surface area contributed by atoms with E-state index in [1.54, 1.807) is 72.8 Å². The quantitative estimate of drug-likeness (QED) is 0.146. The molecule has 0 fully saturated rings.